The van der Waals surface area contributed by atoms with E-state index >= 15 is 0 Å². The monoisotopic (exact) mass is 410 g/mol. The number of nitro groups is 2. The van der Waals surface area contributed by atoms with Gasteiger partial charge in [0, 0.05) is 24.4 Å². The molecular weight excluding hydrogens is 396 g/mol. The molecule has 0 saturated carbocycles. The van der Waals surface area contributed by atoms with E-state index in [9.17, 15) is 20.2 Å². The highest BCUT2D eigenvalue weighted by Gasteiger charge is 2.13. The summed E-state index contributed by atoms with van der Waals surface area (Å²) in [4.78, 5) is 28.3. The third-order valence-corrected chi connectivity index (χ3v) is 3.70. The van der Waals surface area contributed by atoms with Crippen LogP contribution < -0.4 is 14.9 Å². The minimum Gasteiger partial charge on any atom is -0.493 e. The Bertz CT molecular complexity index is 1100. The normalized spacial score (nSPS) is 10.6. The number of hydrogen-bond acceptors (Lipinski definition) is 10. The SMILES string of the molecule is COc1cc(/C=N\Nc2ncccc2[N+](=O)[O-])ccc1Oc1ccc([N+](=O)[O-])cn1. The van der Waals surface area contributed by atoms with Gasteiger partial charge in [0.1, 0.15) is 6.20 Å². The van der Waals surface area contributed by atoms with Crippen LogP contribution in [0.5, 0.6) is 17.4 Å². The quantitative estimate of drug-likeness (QED) is 0.333. The zero-order valence-corrected chi connectivity index (χ0v) is 15.5. The van der Waals surface area contributed by atoms with Crippen molar-refractivity contribution in [2.75, 3.05) is 12.5 Å². The van der Waals surface area contributed by atoms with Gasteiger partial charge in [0.2, 0.25) is 11.7 Å². The molecule has 0 fully saturated rings. The van der Waals surface area contributed by atoms with Crippen LogP contribution in [0.25, 0.3) is 0 Å². The Hall–Kier alpha value is -4.61. The highest BCUT2D eigenvalue weighted by Crippen LogP contribution is 2.31. The number of anilines is 1. The minimum absolute atomic E-state index is 0.00918. The smallest absolute Gasteiger partial charge is 0.313 e. The van der Waals surface area contributed by atoms with Gasteiger partial charge in [-0.1, -0.05) is 0 Å². The molecule has 0 aliphatic carbocycles. The fraction of sp³-hybridized carbons (Fsp3) is 0.0556. The number of hydrogen-bond donors (Lipinski definition) is 1. The lowest BCUT2D eigenvalue weighted by Gasteiger charge is -2.10. The molecule has 12 heteroatoms. The van der Waals surface area contributed by atoms with Gasteiger partial charge in [-0.15, -0.1) is 0 Å². The molecule has 2 aromatic heterocycles. The molecule has 1 N–H and O–H groups in total. The van der Waals surface area contributed by atoms with Gasteiger partial charge < -0.3 is 9.47 Å². The van der Waals surface area contributed by atoms with Crippen LogP contribution in [0.3, 0.4) is 0 Å². The molecule has 2 heterocycles. The highest BCUT2D eigenvalue weighted by molar-refractivity contribution is 5.81. The number of nitrogens with zero attached hydrogens (tertiary/aromatic N) is 5. The Morgan fingerprint density at radius 3 is 2.57 bits per heavy atom. The van der Waals surface area contributed by atoms with Crippen LogP contribution in [0.1, 0.15) is 5.56 Å². The molecule has 0 aliphatic rings. The fourth-order valence-corrected chi connectivity index (χ4v) is 2.30. The molecule has 0 spiro atoms. The largest absolute Gasteiger partial charge is 0.493 e. The maximum absolute atomic E-state index is 11.0. The van der Waals surface area contributed by atoms with Gasteiger partial charge in [0.25, 0.3) is 5.69 Å². The Morgan fingerprint density at radius 2 is 1.90 bits per heavy atom. The molecule has 0 bridgehead atoms. The molecule has 0 radical (unpaired) electrons. The molecule has 3 rings (SSSR count). The number of rotatable bonds is 8. The van der Waals surface area contributed by atoms with Crippen molar-refractivity contribution in [1.29, 1.82) is 0 Å². The molecule has 30 heavy (non-hydrogen) atoms. The van der Waals surface area contributed by atoms with Crippen LogP contribution >= 0.6 is 0 Å². The summed E-state index contributed by atoms with van der Waals surface area (Å²) in [6.07, 6.45) is 3.92. The zero-order valence-electron chi connectivity index (χ0n) is 15.5. The summed E-state index contributed by atoms with van der Waals surface area (Å²) < 4.78 is 10.9. The summed E-state index contributed by atoms with van der Waals surface area (Å²) in [6.45, 7) is 0. The number of benzene rings is 1. The summed E-state index contributed by atoms with van der Waals surface area (Å²) in [5.41, 5.74) is 2.79. The molecular formula is C18H14N6O6. The number of methoxy groups -OCH3 is 1. The predicted octanol–water partition coefficient (Wildman–Crippen LogP) is 3.54. The molecule has 12 nitrogen and oxygen atoms in total. The first-order chi connectivity index (χ1) is 14.5. The Morgan fingerprint density at radius 1 is 1.07 bits per heavy atom. The van der Waals surface area contributed by atoms with Gasteiger partial charge in [0.05, 0.1) is 23.2 Å². The molecule has 0 aliphatic heterocycles. The number of ether oxygens (including phenoxy) is 2. The molecule has 0 unspecified atom stereocenters. The first-order valence-electron chi connectivity index (χ1n) is 8.32. The first-order valence-corrected chi connectivity index (χ1v) is 8.32. The second-order valence-corrected chi connectivity index (χ2v) is 5.62. The van der Waals surface area contributed by atoms with Gasteiger partial charge in [-0.3, -0.25) is 25.7 Å². The van der Waals surface area contributed by atoms with Crippen LogP contribution in [0.4, 0.5) is 17.2 Å². The van der Waals surface area contributed by atoms with Crippen LogP contribution in [0.2, 0.25) is 0 Å². The number of pyridine rings is 2. The van der Waals surface area contributed by atoms with E-state index in [-0.39, 0.29) is 23.1 Å². The number of hydrazone groups is 1. The maximum Gasteiger partial charge on any atom is 0.313 e. The van der Waals surface area contributed by atoms with Gasteiger partial charge in [-0.25, -0.2) is 9.97 Å². The Kier molecular flexibility index (Phi) is 6.08. The lowest BCUT2D eigenvalue weighted by molar-refractivity contribution is -0.385. The van der Waals surface area contributed by atoms with E-state index in [0.717, 1.165) is 6.20 Å². The van der Waals surface area contributed by atoms with Crippen molar-refractivity contribution in [2.24, 2.45) is 5.10 Å². The molecule has 0 amide bonds. The van der Waals surface area contributed by atoms with Crippen molar-refractivity contribution in [3.8, 4) is 17.4 Å². The molecule has 0 atom stereocenters. The van der Waals surface area contributed by atoms with Gasteiger partial charge in [0.15, 0.2) is 11.5 Å². The van der Waals surface area contributed by atoms with Crippen LogP contribution in [-0.4, -0.2) is 33.1 Å². The van der Waals surface area contributed by atoms with Crippen LogP contribution in [-0.2, 0) is 0 Å². The first kappa shape index (κ1) is 20.1. The van der Waals surface area contributed by atoms with E-state index in [0.29, 0.717) is 17.1 Å². The maximum atomic E-state index is 11.0. The summed E-state index contributed by atoms with van der Waals surface area (Å²) >= 11 is 0. The van der Waals surface area contributed by atoms with Crippen LogP contribution in [0.15, 0.2) is 60.0 Å². The summed E-state index contributed by atoms with van der Waals surface area (Å²) in [7, 11) is 1.45. The predicted molar refractivity (Wildman–Crippen MR) is 106 cm³/mol. The fourth-order valence-electron chi connectivity index (χ4n) is 2.30. The Labute approximate surface area is 169 Å². The average molecular weight is 410 g/mol. The van der Waals surface area contributed by atoms with Gasteiger partial charge in [-0.05, 0) is 29.8 Å². The zero-order chi connectivity index (χ0) is 21.5. The van der Waals surface area contributed by atoms with Crippen molar-refractivity contribution in [2.45, 2.75) is 0 Å². The van der Waals surface area contributed by atoms with Crippen molar-refractivity contribution in [3.63, 3.8) is 0 Å². The second-order valence-electron chi connectivity index (χ2n) is 5.62. The number of nitrogens with one attached hydrogen (secondary N) is 1. The summed E-state index contributed by atoms with van der Waals surface area (Å²) in [5.74, 6) is 0.867. The van der Waals surface area contributed by atoms with E-state index < -0.39 is 9.85 Å². The van der Waals surface area contributed by atoms with Crippen molar-refractivity contribution >= 4 is 23.4 Å². The van der Waals surface area contributed by atoms with E-state index in [2.05, 4.69) is 20.5 Å². The van der Waals surface area contributed by atoms with Crippen LogP contribution in [0, 0.1) is 20.2 Å². The van der Waals surface area contributed by atoms with E-state index in [1.165, 1.54) is 43.8 Å². The van der Waals surface area contributed by atoms with Gasteiger partial charge in [-0.2, -0.15) is 5.10 Å². The second kappa shape index (κ2) is 9.05. The lowest BCUT2D eigenvalue weighted by atomic mass is 10.2. The molecule has 152 valence electrons. The third kappa shape index (κ3) is 4.81. The lowest BCUT2D eigenvalue weighted by Crippen LogP contribution is -1.99. The van der Waals surface area contributed by atoms with E-state index in [4.69, 9.17) is 9.47 Å². The van der Waals surface area contributed by atoms with E-state index in [1.54, 1.807) is 18.2 Å². The Balaban J connectivity index is 1.73. The van der Waals surface area contributed by atoms with Crippen molar-refractivity contribution in [1.82, 2.24) is 9.97 Å². The minimum atomic E-state index is -0.563. The molecule has 3 aromatic rings. The van der Waals surface area contributed by atoms with Gasteiger partial charge >= 0.3 is 5.69 Å². The van der Waals surface area contributed by atoms with Crippen molar-refractivity contribution < 1.29 is 19.3 Å². The van der Waals surface area contributed by atoms with Crippen molar-refractivity contribution in [3.05, 3.63) is 80.7 Å². The summed E-state index contributed by atoms with van der Waals surface area (Å²) in [6, 6.07) is 10.3. The topological polar surface area (TPSA) is 155 Å². The standard InChI is InChI=1S/C18H14N6O6/c1-29-16-9-12(10-21-22-18-14(24(27)28)3-2-8-19-18)4-6-15(16)30-17-7-5-13(11-20-17)23(25)26/h2-11H,1H3,(H,19,22)/b21-10-. The molecule has 0 saturated heterocycles. The summed E-state index contributed by atoms with van der Waals surface area (Å²) in [5, 5.41) is 25.6. The average Bonchev–Trinajstić information content (AvgIpc) is 2.75. The third-order valence-electron chi connectivity index (χ3n) is 3.70. The molecule has 1 aromatic carbocycles. The van der Waals surface area contributed by atoms with E-state index in [1.807, 2.05) is 0 Å². The highest BCUT2D eigenvalue weighted by atomic mass is 16.6. The number of aromatic nitrogens is 2.